The maximum absolute atomic E-state index is 12.2. The van der Waals surface area contributed by atoms with Gasteiger partial charge in [-0.25, -0.2) is 4.98 Å². The summed E-state index contributed by atoms with van der Waals surface area (Å²) in [5.41, 5.74) is 1.56. The molecule has 0 aliphatic carbocycles. The molecule has 1 aromatic carbocycles. The van der Waals surface area contributed by atoms with Crippen LogP contribution in [0.15, 0.2) is 30.5 Å². The Kier molecular flexibility index (Phi) is 4.22. The third-order valence-electron chi connectivity index (χ3n) is 3.73. The van der Waals surface area contributed by atoms with Gasteiger partial charge in [0.15, 0.2) is 11.3 Å². The molecule has 0 spiro atoms. The van der Waals surface area contributed by atoms with E-state index in [1.165, 1.54) is 11.3 Å². The van der Waals surface area contributed by atoms with Gasteiger partial charge in [0.2, 0.25) is 5.91 Å². The number of benzene rings is 1. The van der Waals surface area contributed by atoms with Crippen molar-refractivity contribution in [3.8, 4) is 22.7 Å². The summed E-state index contributed by atoms with van der Waals surface area (Å²) < 4.78 is 0. The van der Waals surface area contributed by atoms with Gasteiger partial charge in [0, 0.05) is 19.3 Å². The number of aromatic nitrogens is 1. The van der Waals surface area contributed by atoms with Crippen LogP contribution in [0.2, 0.25) is 0 Å². The molecule has 1 aliphatic heterocycles. The molecule has 0 radical (unpaired) electrons. The van der Waals surface area contributed by atoms with Gasteiger partial charge in [-0.1, -0.05) is 23.5 Å². The van der Waals surface area contributed by atoms with E-state index in [2.05, 4.69) is 22.6 Å². The molecule has 1 fully saturated rings. The Bertz CT molecular complexity index is 799. The predicted molar refractivity (Wildman–Crippen MR) is 86.2 cm³/mol. The fourth-order valence-electron chi connectivity index (χ4n) is 2.45. The molecular weight excluding hydrogens is 310 g/mol. The highest BCUT2D eigenvalue weighted by atomic mass is 32.1. The number of hydrogen-bond donors (Lipinski definition) is 1. The first-order chi connectivity index (χ1) is 11.2. The number of hydrogen-bond acceptors (Lipinski definition) is 6. The van der Waals surface area contributed by atoms with E-state index in [1.54, 1.807) is 23.2 Å². The molecule has 0 bridgehead atoms. The summed E-state index contributed by atoms with van der Waals surface area (Å²) in [6.07, 6.45) is 4.46. The van der Waals surface area contributed by atoms with Crippen molar-refractivity contribution in [1.29, 1.82) is 10.5 Å². The molecule has 1 aliphatic rings. The van der Waals surface area contributed by atoms with Gasteiger partial charge < -0.3 is 10.2 Å². The van der Waals surface area contributed by atoms with Crippen LogP contribution in [-0.2, 0) is 4.79 Å². The first-order valence-corrected chi connectivity index (χ1v) is 7.93. The van der Waals surface area contributed by atoms with Crippen molar-refractivity contribution in [2.45, 2.75) is 6.42 Å². The average molecular weight is 323 g/mol. The van der Waals surface area contributed by atoms with Crippen LogP contribution in [0.25, 0.3) is 10.4 Å². The highest BCUT2D eigenvalue weighted by molar-refractivity contribution is 7.19. The van der Waals surface area contributed by atoms with Crippen LogP contribution < -0.4 is 5.32 Å². The summed E-state index contributed by atoms with van der Waals surface area (Å²) in [5.74, 6) is -0.264. The normalized spacial score (nSPS) is 16.6. The Morgan fingerprint density at radius 2 is 2.13 bits per heavy atom. The largest absolute Gasteiger partial charge is 0.310 e. The lowest BCUT2D eigenvalue weighted by molar-refractivity contribution is -0.119. The van der Waals surface area contributed by atoms with Gasteiger partial charge in [0.1, 0.15) is 0 Å². The molecule has 114 valence electrons. The fourth-order valence-corrected chi connectivity index (χ4v) is 3.27. The third kappa shape index (κ3) is 3.31. The molecule has 1 amide bonds. The average Bonchev–Trinajstić information content (AvgIpc) is 3.24. The maximum atomic E-state index is 12.2. The highest BCUT2D eigenvalue weighted by Crippen LogP contribution is 2.29. The second-order valence-corrected chi connectivity index (χ2v) is 6.27. The van der Waals surface area contributed by atoms with Crippen LogP contribution in [0.4, 0.5) is 5.13 Å². The predicted octanol–water partition coefficient (Wildman–Crippen LogP) is 2.42. The summed E-state index contributed by atoms with van der Waals surface area (Å²) in [5, 5.41) is 21.0. The monoisotopic (exact) mass is 323 g/mol. The van der Waals surface area contributed by atoms with Gasteiger partial charge >= 0.3 is 0 Å². The molecule has 7 heteroatoms. The molecular formula is C16H13N5OS. The van der Waals surface area contributed by atoms with E-state index >= 15 is 0 Å². The van der Waals surface area contributed by atoms with Crippen molar-refractivity contribution in [3.05, 3.63) is 36.0 Å². The van der Waals surface area contributed by atoms with Crippen molar-refractivity contribution >= 4 is 22.4 Å². The number of nitriles is 2. The van der Waals surface area contributed by atoms with Gasteiger partial charge in [0.05, 0.1) is 22.4 Å². The van der Waals surface area contributed by atoms with Crippen molar-refractivity contribution in [1.82, 2.24) is 9.88 Å². The minimum absolute atomic E-state index is 0.0940. The number of likely N-dealkylation sites (tertiary alicyclic amines) is 1. The Hall–Kier alpha value is -2.90. The zero-order valence-electron chi connectivity index (χ0n) is 12.2. The molecule has 1 saturated heterocycles. The van der Waals surface area contributed by atoms with Gasteiger partial charge in [-0.05, 0) is 24.1 Å². The van der Waals surface area contributed by atoms with E-state index in [9.17, 15) is 4.79 Å². The number of rotatable bonds is 3. The lowest BCUT2D eigenvalue weighted by atomic mass is 10.1. The van der Waals surface area contributed by atoms with Crippen molar-refractivity contribution in [2.24, 2.45) is 5.92 Å². The molecule has 23 heavy (non-hydrogen) atoms. The number of anilines is 1. The lowest BCUT2D eigenvalue weighted by Gasteiger charge is -2.08. The molecule has 1 N–H and O–H groups in total. The second-order valence-electron chi connectivity index (χ2n) is 5.24. The van der Waals surface area contributed by atoms with Crippen LogP contribution in [-0.4, -0.2) is 28.9 Å². The SMILES string of the molecule is N#Cc1ccc(-c2cnc(NC(=O)C3CCN(C#N)C3)s2)cc1. The van der Waals surface area contributed by atoms with Crippen LogP contribution in [0.3, 0.4) is 0 Å². The Morgan fingerprint density at radius 1 is 1.35 bits per heavy atom. The second kappa shape index (κ2) is 6.47. The number of carbonyl (C=O) groups excluding carboxylic acids is 1. The first-order valence-electron chi connectivity index (χ1n) is 7.11. The maximum Gasteiger partial charge on any atom is 0.231 e. The molecule has 6 nitrogen and oxygen atoms in total. The van der Waals surface area contributed by atoms with E-state index in [1.807, 2.05) is 12.1 Å². The fraction of sp³-hybridized carbons (Fsp3) is 0.250. The zero-order valence-corrected chi connectivity index (χ0v) is 13.0. The zero-order chi connectivity index (χ0) is 16.2. The van der Waals surface area contributed by atoms with E-state index in [4.69, 9.17) is 10.5 Å². The summed E-state index contributed by atoms with van der Waals surface area (Å²) in [6.45, 7) is 1.10. The first kappa shape index (κ1) is 15.0. The van der Waals surface area contributed by atoms with E-state index < -0.39 is 0 Å². The minimum atomic E-state index is -0.170. The number of amides is 1. The summed E-state index contributed by atoms with van der Waals surface area (Å²) in [7, 11) is 0. The van der Waals surface area contributed by atoms with E-state index in [-0.39, 0.29) is 11.8 Å². The molecule has 3 rings (SSSR count). The Labute approximate surface area is 137 Å². The summed E-state index contributed by atoms with van der Waals surface area (Å²) >= 11 is 1.39. The molecule has 2 aromatic rings. The van der Waals surface area contributed by atoms with Crippen molar-refractivity contribution < 1.29 is 4.79 Å². The van der Waals surface area contributed by atoms with Crippen LogP contribution in [0, 0.1) is 28.7 Å². The molecule has 2 heterocycles. The number of thiazole rings is 1. The standard InChI is InChI=1S/C16H13N5OS/c17-7-11-1-3-12(4-2-11)14-8-19-16(23-14)20-15(22)13-5-6-21(9-13)10-18/h1-4,8,13H,5-6,9H2,(H,19,20,22). The lowest BCUT2D eigenvalue weighted by Crippen LogP contribution is -2.25. The quantitative estimate of drug-likeness (QED) is 0.876. The molecule has 0 saturated carbocycles. The third-order valence-corrected chi connectivity index (χ3v) is 4.70. The van der Waals surface area contributed by atoms with Gasteiger partial charge in [-0.15, -0.1) is 0 Å². The van der Waals surface area contributed by atoms with Crippen molar-refractivity contribution in [3.63, 3.8) is 0 Å². The molecule has 1 aromatic heterocycles. The van der Waals surface area contributed by atoms with Gasteiger partial charge in [-0.3, -0.25) is 4.79 Å². The van der Waals surface area contributed by atoms with Crippen LogP contribution >= 0.6 is 11.3 Å². The minimum Gasteiger partial charge on any atom is -0.310 e. The Balaban J connectivity index is 1.66. The van der Waals surface area contributed by atoms with Crippen molar-refractivity contribution in [2.75, 3.05) is 18.4 Å². The topological polar surface area (TPSA) is 92.8 Å². The molecule has 1 atom stereocenters. The van der Waals surface area contributed by atoms with E-state index in [0.29, 0.717) is 30.2 Å². The van der Waals surface area contributed by atoms with Crippen LogP contribution in [0.5, 0.6) is 0 Å². The van der Waals surface area contributed by atoms with Gasteiger partial charge in [0.25, 0.3) is 0 Å². The van der Waals surface area contributed by atoms with Crippen LogP contribution in [0.1, 0.15) is 12.0 Å². The summed E-state index contributed by atoms with van der Waals surface area (Å²) in [4.78, 5) is 18.9. The Morgan fingerprint density at radius 3 is 2.78 bits per heavy atom. The smallest absolute Gasteiger partial charge is 0.231 e. The highest BCUT2D eigenvalue weighted by Gasteiger charge is 2.28. The van der Waals surface area contributed by atoms with E-state index in [0.717, 1.165) is 10.4 Å². The number of nitrogens with zero attached hydrogens (tertiary/aromatic N) is 4. The molecule has 1 unspecified atom stereocenters. The number of carbonyl (C=O) groups is 1. The summed E-state index contributed by atoms with van der Waals surface area (Å²) in [6, 6.07) is 9.31. The number of nitrogens with one attached hydrogen (secondary N) is 1. The van der Waals surface area contributed by atoms with Gasteiger partial charge in [-0.2, -0.15) is 10.5 Å².